The van der Waals surface area contributed by atoms with Crippen LogP contribution in [-0.2, 0) is 14.5 Å². The van der Waals surface area contributed by atoms with E-state index in [1.165, 1.54) is 4.68 Å². The molecule has 0 N–H and O–H groups in total. The first-order valence-electron chi connectivity index (χ1n) is 6.06. The Kier molecular flexibility index (Phi) is 4.03. The molecule has 0 saturated heterocycles. The molecule has 2 rings (SSSR count). The highest BCUT2D eigenvalue weighted by Crippen LogP contribution is 2.36. The lowest BCUT2D eigenvalue weighted by Gasteiger charge is -2.16. The summed E-state index contributed by atoms with van der Waals surface area (Å²) in [6.45, 7) is 7.25. The van der Waals surface area contributed by atoms with Gasteiger partial charge in [0.05, 0.1) is 11.4 Å². The Morgan fingerprint density at radius 1 is 1.19 bits per heavy atom. The lowest BCUT2D eigenvalue weighted by molar-refractivity contribution is 0.544. The van der Waals surface area contributed by atoms with Crippen molar-refractivity contribution in [2.75, 3.05) is 0 Å². The van der Waals surface area contributed by atoms with Crippen molar-refractivity contribution < 1.29 is 8.42 Å². The highest BCUT2D eigenvalue weighted by Gasteiger charge is 2.33. The standard InChI is InChI=1S/C12H14Cl2N4O2S/c1-7-5-6-8(16-15-7)18-11(13)9(21(14,19)20)10(17-18)12(2,3)4/h5-6H,1-4H3. The molecule has 0 saturated carbocycles. The van der Waals surface area contributed by atoms with Gasteiger partial charge in [-0.3, -0.25) is 0 Å². The Morgan fingerprint density at radius 3 is 2.19 bits per heavy atom. The van der Waals surface area contributed by atoms with Crippen LogP contribution in [0.2, 0.25) is 5.15 Å². The van der Waals surface area contributed by atoms with Gasteiger partial charge in [-0.1, -0.05) is 32.4 Å². The molecule has 0 amide bonds. The fourth-order valence-electron chi connectivity index (χ4n) is 1.75. The van der Waals surface area contributed by atoms with Crippen LogP contribution in [0.1, 0.15) is 32.2 Å². The van der Waals surface area contributed by atoms with Crippen molar-refractivity contribution in [3.05, 3.63) is 28.7 Å². The van der Waals surface area contributed by atoms with E-state index in [0.717, 1.165) is 5.69 Å². The summed E-state index contributed by atoms with van der Waals surface area (Å²) in [5.74, 6) is 0.322. The number of aromatic nitrogens is 4. The molecule has 0 fully saturated rings. The van der Waals surface area contributed by atoms with Crippen LogP contribution in [0.25, 0.3) is 5.82 Å². The summed E-state index contributed by atoms with van der Waals surface area (Å²) in [7, 11) is 1.47. The van der Waals surface area contributed by atoms with Gasteiger partial charge >= 0.3 is 0 Å². The van der Waals surface area contributed by atoms with Crippen molar-refractivity contribution in [3.63, 3.8) is 0 Å². The van der Waals surface area contributed by atoms with Crippen molar-refractivity contribution in [2.45, 2.75) is 38.0 Å². The van der Waals surface area contributed by atoms with E-state index in [0.29, 0.717) is 5.82 Å². The quantitative estimate of drug-likeness (QED) is 0.779. The second-order valence-electron chi connectivity index (χ2n) is 5.60. The van der Waals surface area contributed by atoms with Gasteiger partial charge in [0.2, 0.25) is 0 Å². The van der Waals surface area contributed by atoms with Gasteiger partial charge in [0, 0.05) is 16.1 Å². The first-order chi connectivity index (χ1) is 9.51. The molecule has 21 heavy (non-hydrogen) atoms. The smallest absolute Gasteiger partial charge is 0.207 e. The SMILES string of the molecule is Cc1ccc(-n2nc(C(C)(C)C)c(S(=O)(=O)Cl)c2Cl)nn1. The lowest BCUT2D eigenvalue weighted by Crippen LogP contribution is -2.15. The number of nitrogens with zero attached hydrogens (tertiary/aromatic N) is 4. The summed E-state index contributed by atoms with van der Waals surface area (Å²) in [6, 6.07) is 3.38. The Hall–Kier alpha value is -1.18. The molecule has 2 heterocycles. The number of hydrogen-bond acceptors (Lipinski definition) is 5. The zero-order valence-electron chi connectivity index (χ0n) is 11.9. The molecule has 114 valence electrons. The van der Waals surface area contributed by atoms with Crippen LogP contribution in [0, 0.1) is 6.92 Å². The van der Waals surface area contributed by atoms with Gasteiger partial charge in [0.15, 0.2) is 11.0 Å². The molecule has 0 bridgehead atoms. The van der Waals surface area contributed by atoms with Gasteiger partial charge in [-0.05, 0) is 19.1 Å². The largest absolute Gasteiger partial charge is 0.266 e. The monoisotopic (exact) mass is 348 g/mol. The maximum absolute atomic E-state index is 11.8. The van der Waals surface area contributed by atoms with Crippen molar-refractivity contribution in [2.24, 2.45) is 0 Å². The average Bonchev–Trinajstić information content (AvgIpc) is 2.67. The Labute approximate surface area is 132 Å². The normalized spacial score (nSPS) is 12.7. The van der Waals surface area contributed by atoms with Crippen LogP contribution in [0.4, 0.5) is 0 Å². The number of halogens is 2. The fourth-order valence-corrected chi connectivity index (χ4v) is 3.69. The van der Waals surface area contributed by atoms with Crippen LogP contribution < -0.4 is 0 Å². The van der Waals surface area contributed by atoms with Crippen LogP contribution in [0.5, 0.6) is 0 Å². The molecule has 0 spiro atoms. The van der Waals surface area contributed by atoms with Crippen molar-refractivity contribution >= 4 is 31.3 Å². The maximum atomic E-state index is 11.8. The van der Waals surface area contributed by atoms with Gasteiger partial charge in [0.25, 0.3) is 9.05 Å². The van der Waals surface area contributed by atoms with E-state index >= 15 is 0 Å². The summed E-state index contributed by atoms with van der Waals surface area (Å²) in [4.78, 5) is -0.194. The Bertz CT molecular complexity index is 777. The summed E-state index contributed by atoms with van der Waals surface area (Å²) >= 11 is 6.16. The fraction of sp³-hybridized carbons (Fsp3) is 0.417. The minimum absolute atomic E-state index is 0.104. The molecule has 0 aromatic carbocycles. The van der Waals surface area contributed by atoms with Gasteiger partial charge in [-0.2, -0.15) is 10.2 Å². The second-order valence-corrected chi connectivity index (χ2v) is 8.46. The molecule has 0 aliphatic heterocycles. The molecule has 0 radical (unpaired) electrons. The van der Waals surface area contributed by atoms with Gasteiger partial charge in [-0.15, -0.1) is 5.10 Å². The first kappa shape index (κ1) is 16.2. The molecule has 2 aromatic rings. The number of aryl methyl sites for hydroxylation is 1. The van der Waals surface area contributed by atoms with Crippen LogP contribution in [0.15, 0.2) is 17.0 Å². The van der Waals surface area contributed by atoms with Gasteiger partial charge < -0.3 is 0 Å². The van der Waals surface area contributed by atoms with Crippen molar-refractivity contribution in [1.82, 2.24) is 20.0 Å². The van der Waals surface area contributed by atoms with E-state index in [9.17, 15) is 8.42 Å². The molecular weight excluding hydrogens is 335 g/mol. The third-order valence-corrected chi connectivity index (χ3v) is 4.54. The summed E-state index contributed by atoms with van der Waals surface area (Å²) in [5.41, 5.74) is 0.456. The summed E-state index contributed by atoms with van der Waals surface area (Å²) in [5, 5.41) is 12.0. The van der Waals surface area contributed by atoms with Gasteiger partial charge in [-0.25, -0.2) is 13.1 Å². The van der Waals surface area contributed by atoms with E-state index in [1.807, 2.05) is 20.8 Å². The average molecular weight is 349 g/mol. The Balaban J connectivity index is 2.76. The Morgan fingerprint density at radius 2 is 1.81 bits per heavy atom. The molecule has 0 aliphatic rings. The second kappa shape index (κ2) is 5.23. The maximum Gasteiger partial charge on any atom is 0.266 e. The zero-order valence-corrected chi connectivity index (χ0v) is 14.3. The van der Waals surface area contributed by atoms with E-state index in [1.54, 1.807) is 19.1 Å². The number of rotatable bonds is 2. The number of hydrogen-bond donors (Lipinski definition) is 0. The van der Waals surface area contributed by atoms with E-state index < -0.39 is 14.5 Å². The topological polar surface area (TPSA) is 77.7 Å². The summed E-state index contributed by atoms with van der Waals surface area (Å²) < 4.78 is 24.8. The summed E-state index contributed by atoms with van der Waals surface area (Å²) in [6.07, 6.45) is 0. The molecule has 6 nitrogen and oxygen atoms in total. The highest BCUT2D eigenvalue weighted by atomic mass is 35.7. The van der Waals surface area contributed by atoms with Crippen molar-refractivity contribution in [3.8, 4) is 5.82 Å². The first-order valence-corrected chi connectivity index (χ1v) is 8.75. The van der Waals surface area contributed by atoms with E-state index in [2.05, 4.69) is 15.3 Å². The lowest BCUT2D eigenvalue weighted by atomic mass is 9.92. The van der Waals surface area contributed by atoms with Crippen LogP contribution in [-0.4, -0.2) is 28.4 Å². The third kappa shape index (κ3) is 3.20. The predicted molar refractivity (Wildman–Crippen MR) is 80.6 cm³/mol. The third-order valence-electron chi connectivity index (χ3n) is 2.74. The zero-order chi connectivity index (χ0) is 16.0. The van der Waals surface area contributed by atoms with Crippen LogP contribution in [0.3, 0.4) is 0 Å². The molecule has 0 unspecified atom stereocenters. The highest BCUT2D eigenvalue weighted by molar-refractivity contribution is 8.13. The molecule has 0 atom stereocenters. The van der Waals surface area contributed by atoms with Crippen molar-refractivity contribution in [1.29, 1.82) is 0 Å². The predicted octanol–water partition coefficient (Wildman–Crippen LogP) is 2.85. The molecule has 9 heteroatoms. The molecule has 0 aliphatic carbocycles. The van der Waals surface area contributed by atoms with E-state index in [4.69, 9.17) is 22.3 Å². The molecule has 2 aromatic heterocycles. The van der Waals surface area contributed by atoms with Gasteiger partial charge in [0.1, 0.15) is 4.90 Å². The van der Waals surface area contributed by atoms with Crippen LogP contribution >= 0.6 is 22.3 Å². The van der Waals surface area contributed by atoms with E-state index in [-0.39, 0.29) is 15.7 Å². The molecular formula is C12H14Cl2N4O2S. The minimum atomic E-state index is -4.03. The minimum Gasteiger partial charge on any atom is -0.207 e.